The first-order chi connectivity index (χ1) is 16.5. The molecule has 0 aliphatic carbocycles. The minimum absolute atomic E-state index is 0.0239. The van der Waals surface area contributed by atoms with E-state index in [-0.39, 0.29) is 41.8 Å². The molecule has 0 spiro atoms. The number of ether oxygens (including phenoxy) is 1. The highest BCUT2D eigenvalue weighted by Crippen LogP contribution is 2.23. The highest BCUT2D eigenvalue weighted by atomic mass is 16.5. The van der Waals surface area contributed by atoms with Gasteiger partial charge in [-0.25, -0.2) is 0 Å². The molecule has 0 unspecified atom stereocenters. The number of hydrogen-bond acceptors (Lipinski definition) is 6. The largest absolute Gasteiger partial charge is 0.481 e. The van der Waals surface area contributed by atoms with Crippen molar-refractivity contribution in [2.45, 2.75) is 97.2 Å². The molecule has 0 bridgehead atoms. The maximum atomic E-state index is 12.6. The Morgan fingerprint density at radius 2 is 1.77 bits per heavy atom. The zero-order chi connectivity index (χ0) is 26.4. The molecule has 0 aromatic heterocycles. The third-order valence-electron chi connectivity index (χ3n) is 6.47. The van der Waals surface area contributed by atoms with Crippen LogP contribution in [0, 0.1) is 17.8 Å². The van der Waals surface area contributed by atoms with Crippen molar-refractivity contribution in [3.05, 3.63) is 23.8 Å². The zero-order valence-corrected chi connectivity index (χ0v) is 21.6. The van der Waals surface area contributed by atoms with Crippen molar-refractivity contribution in [2.24, 2.45) is 17.8 Å². The zero-order valence-electron chi connectivity index (χ0n) is 21.6. The van der Waals surface area contributed by atoms with Crippen LogP contribution >= 0.6 is 0 Å². The molecular weight excluding hydrogens is 450 g/mol. The molecule has 1 heterocycles. The molecule has 2 amide bonds. The molecule has 8 nitrogen and oxygen atoms in total. The SMILES string of the molecule is CO[C@@H](/C=C/CCCCC(=O)O)[C@@H](O)[C@H](C)/C=C(/C)C[C@H](C)C(=O)CCCC1CC(=O)NC(=O)C1. The Balaban J connectivity index is 2.44. The molecule has 8 heteroatoms. The van der Waals surface area contributed by atoms with Crippen molar-refractivity contribution in [3.63, 3.8) is 0 Å². The van der Waals surface area contributed by atoms with E-state index in [0.29, 0.717) is 44.9 Å². The number of methoxy groups -OCH3 is 1. The second-order valence-corrected chi connectivity index (χ2v) is 9.84. The number of carboxylic acids is 1. The van der Waals surface area contributed by atoms with E-state index in [9.17, 15) is 24.3 Å². The topological polar surface area (TPSA) is 130 Å². The first kappa shape index (κ1) is 30.7. The van der Waals surface area contributed by atoms with Crippen LogP contribution in [0.25, 0.3) is 0 Å². The van der Waals surface area contributed by atoms with Crippen molar-refractivity contribution >= 4 is 23.6 Å². The number of carboxylic acid groups (broad SMARTS) is 1. The Morgan fingerprint density at radius 3 is 2.37 bits per heavy atom. The van der Waals surface area contributed by atoms with Gasteiger partial charge in [-0.3, -0.25) is 24.5 Å². The fourth-order valence-electron chi connectivity index (χ4n) is 4.48. The van der Waals surface area contributed by atoms with Gasteiger partial charge < -0.3 is 14.9 Å². The summed E-state index contributed by atoms with van der Waals surface area (Å²) >= 11 is 0. The first-order valence-corrected chi connectivity index (χ1v) is 12.6. The van der Waals surface area contributed by atoms with Crippen LogP contribution in [-0.2, 0) is 23.9 Å². The van der Waals surface area contributed by atoms with Crippen LogP contribution in [0.3, 0.4) is 0 Å². The molecule has 4 atom stereocenters. The van der Waals surface area contributed by atoms with Crippen molar-refractivity contribution in [2.75, 3.05) is 7.11 Å². The molecule has 0 saturated carbocycles. The number of aliphatic hydroxyl groups excluding tert-OH is 1. The molecule has 35 heavy (non-hydrogen) atoms. The molecule has 1 saturated heterocycles. The van der Waals surface area contributed by atoms with Gasteiger partial charge in [0.05, 0.1) is 6.10 Å². The molecule has 0 radical (unpaired) electrons. The monoisotopic (exact) mass is 493 g/mol. The first-order valence-electron chi connectivity index (χ1n) is 12.6. The Labute approximate surface area is 209 Å². The van der Waals surface area contributed by atoms with Gasteiger partial charge in [-0.05, 0) is 51.4 Å². The molecule has 1 aliphatic heterocycles. The number of piperidine rings is 1. The van der Waals surface area contributed by atoms with E-state index in [1.807, 2.05) is 39.0 Å². The average molecular weight is 494 g/mol. The lowest BCUT2D eigenvalue weighted by molar-refractivity contribution is -0.137. The highest BCUT2D eigenvalue weighted by Gasteiger charge is 2.25. The van der Waals surface area contributed by atoms with Crippen molar-refractivity contribution in [1.82, 2.24) is 5.32 Å². The number of aliphatic carboxylic acids is 1. The number of ketones is 1. The van der Waals surface area contributed by atoms with Gasteiger partial charge in [0.2, 0.25) is 11.8 Å². The minimum atomic E-state index is -0.793. The van der Waals surface area contributed by atoms with E-state index < -0.39 is 18.2 Å². The van der Waals surface area contributed by atoms with Crippen molar-refractivity contribution in [3.8, 4) is 0 Å². The summed E-state index contributed by atoms with van der Waals surface area (Å²) in [5, 5.41) is 21.7. The van der Waals surface area contributed by atoms with E-state index in [0.717, 1.165) is 18.4 Å². The normalized spacial score (nSPS) is 18.8. The molecular formula is C27H43NO7. The molecule has 0 aromatic rings. The Kier molecular flexibility index (Phi) is 14.4. The number of allylic oxidation sites excluding steroid dienone is 2. The number of amides is 2. The standard InChI is InChI=1S/C27H43NO7/c1-18(14-19(2)22(29)11-9-10-21-16-24(30)28-25(31)17-21)15-20(3)27(34)23(35-4)12-7-5-6-8-13-26(32)33/h7,12,15,19-21,23,27,34H,5-6,8-11,13-14,16-17H2,1-4H3,(H,32,33)(H,28,30,31)/b12-7+,18-15-/t19-,20+,23-,27-/m0/s1. The molecule has 1 rings (SSSR count). The van der Waals surface area contributed by atoms with Gasteiger partial charge in [-0.2, -0.15) is 0 Å². The van der Waals surface area contributed by atoms with Gasteiger partial charge in [0.15, 0.2) is 0 Å². The maximum Gasteiger partial charge on any atom is 0.303 e. The van der Waals surface area contributed by atoms with Crippen LogP contribution in [0.2, 0.25) is 0 Å². The maximum absolute atomic E-state index is 12.6. The summed E-state index contributed by atoms with van der Waals surface area (Å²) in [7, 11) is 1.54. The molecule has 1 aliphatic rings. The van der Waals surface area contributed by atoms with Gasteiger partial charge in [0.1, 0.15) is 11.9 Å². The van der Waals surface area contributed by atoms with E-state index in [1.165, 1.54) is 0 Å². The van der Waals surface area contributed by atoms with Crippen molar-refractivity contribution in [1.29, 1.82) is 0 Å². The number of carbonyl (C=O) groups excluding carboxylic acids is 3. The number of rotatable bonds is 17. The second-order valence-electron chi connectivity index (χ2n) is 9.84. The van der Waals surface area contributed by atoms with Crippen LogP contribution in [0.15, 0.2) is 23.8 Å². The lowest BCUT2D eigenvalue weighted by Gasteiger charge is -2.23. The van der Waals surface area contributed by atoms with E-state index >= 15 is 0 Å². The summed E-state index contributed by atoms with van der Waals surface area (Å²) in [6.07, 6.45) is 9.88. The lowest BCUT2D eigenvalue weighted by atomic mass is 9.88. The fourth-order valence-corrected chi connectivity index (χ4v) is 4.48. The minimum Gasteiger partial charge on any atom is -0.481 e. The number of hydrogen-bond donors (Lipinski definition) is 3. The van der Waals surface area contributed by atoms with Gasteiger partial charge in [-0.1, -0.05) is 37.6 Å². The van der Waals surface area contributed by atoms with E-state index in [2.05, 4.69) is 5.32 Å². The smallest absolute Gasteiger partial charge is 0.303 e. The van der Waals surface area contributed by atoms with E-state index in [1.54, 1.807) is 7.11 Å². The predicted molar refractivity (Wildman–Crippen MR) is 133 cm³/mol. The third kappa shape index (κ3) is 12.8. The number of imide groups is 1. The van der Waals surface area contributed by atoms with Crippen LogP contribution < -0.4 is 5.32 Å². The molecule has 0 aromatic carbocycles. The summed E-state index contributed by atoms with van der Waals surface area (Å²) in [4.78, 5) is 46.1. The number of Topliss-reactive ketones (excluding diaryl/α,β-unsaturated/α-hetero) is 1. The third-order valence-corrected chi connectivity index (χ3v) is 6.47. The number of carbonyl (C=O) groups is 4. The predicted octanol–water partition coefficient (Wildman–Crippen LogP) is 3.96. The van der Waals surface area contributed by atoms with Crippen LogP contribution in [0.4, 0.5) is 0 Å². The molecule has 1 fully saturated rings. The van der Waals surface area contributed by atoms with Crippen LogP contribution in [-0.4, -0.2) is 53.1 Å². The Hall–Kier alpha value is -2.32. The number of aliphatic hydroxyl groups is 1. The quantitative estimate of drug-likeness (QED) is 0.159. The summed E-state index contributed by atoms with van der Waals surface area (Å²) < 4.78 is 5.43. The Morgan fingerprint density at radius 1 is 1.11 bits per heavy atom. The average Bonchev–Trinajstić information content (AvgIpc) is 2.77. The summed E-state index contributed by atoms with van der Waals surface area (Å²) in [5.74, 6) is -1.38. The Bertz CT molecular complexity index is 757. The van der Waals surface area contributed by atoms with Gasteiger partial charge >= 0.3 is 5.97 Å². The van der Waals surface area contributed by atoms with Gasteiger partial charge in [0, 0.05) is 44.6 Å². The fraction of sp³-hybridized carbons (Fsp3) is 0.704. The van der Waals surface area contributed by atoms with Gasteiger partial charge in [0.25, 0.3) is 0 Å². The summed E-state index contributed by atoms with van der Waals surface area (Å²) in [6, 6.07) is 0. The molecule has 3 N–H and O–H groups in total. The second kappa shape index (κ2) is 16.4. The highest BCUT2D eigenvalue weighted by molar-refractivity contribution is 5.97. The van der Waals surface area contributed by atoms with E-state index in [4.69, 9.17) is 9.84 Å². The summed E-state index contributed by atoms with van der Waals surface area (Å²) in [6.45, 7) is 5.78. The summed E-state index contributed by atoms with van der Waals surface area (Å²) in [5.41, 5.74) is 1.03. The lowest BCUT2D eigenvalue weighted by Crippen LogP contribution is -2.38. The number of unbranched alkanes of at least 4 members (excludes halogenated alkanes) is 2. The van der Waals surface area contributed by atoms with Crippen LogP contribution in [0.1, 0.15) is 85.0 Å². The van der Waals surface area contributed by atoms with Crippen LogP contribution in [0.5, 0.6) is 0 Å². The van der Waals surface area contributed by atoms with Gasteiger partial charge in [-0.15, -0.1) is 0 Å². The van der Waals surface area contributed by atoms with Crippen molar-refractivity contribution < 1.29 is 34.1 Å². The number of nitrogens with one attached hydrogen (secondary N) is 1. The molecule has 198 valence electrons.